The maximum Gasteiger partial charge on any atom is 0.190 e. The van der Waals surface area contributed by atoms with Gasteiger partial charge < -0.3 is 4.57 Å². The number of aromatic nitrogens is 1. The molecule has 0 aliphatic carbocycles. The molecule has 0 saturated carbocycles. The highest BCUT2D eigenvalue weighted by molar-refractivity contribution is 7.07. The highest BCUT2D eigenvalue weighted by Gasteiger charge is 2.09. The third-order valence-electron chi connectivity index (χ3n) is 4.39. The Morgan fingerprint density at radius 3 is 2.19 bits per heavy atom. The maximum absolute atomic E-state index is 6.07. The molecule has 0 saturated heterocycles. The van der Waals surface area contributed by atoms with E-state index < -0.39 is 0 Å². The van der Waals surface area contributed by atoms with Crippen molar-refractivity contribution in [2.45, 2.75) is 13.0 Å². The van der Waals surface area contributed by atoms with Gasteiger partial charge in [0.2, 0.25) is 0 Å². The lowest BCUT2D eigenvalue weighted by molar-refractivity contribution is 0.684. The fraction of sp³-hybridized carbons (Fsp3) is 0.0870. The van der Waals surface area contributed by atoms with Gasteiger partial charge in [-0.2, -0.15) is 0 Å². The molecule has 1 heterocycles. The van der Waals surface area contributed by atoms with Crippen LogP contribution in [0.15, 0.2) is 95.3 Å². The van der Waals surface area contributed by atoms with Crippen molar-refractivity contribution in [2.75, 3.05) is 0 Å². The Hall–Kier alpha value is -2.62. The van der Waals surface area contributed by atoms with E-state index in [0.717, 1.165) is 34.0 Å². The molecule has 0 N–H and O–H groups in total. The van der Waals surface area contributed by atoms with Gasteiger partial charge in [0.1, 0.15) is 0 Å². The first-order chi connectivity index (χ1) is 13.3. The Kier molecular flexibility index (Phi) is 5.52. The molecule has 27 heavy (non-hydrogen) atoms. The molecule has 134 valence electrons. The first-order valence-corrected chi connectivity index (χ1v) is 10.1. The quantitative estimate of drug-likeness (QED) is 0.378. The van der Waals surface area contributed by atoms with Crippen LogP contribution in [0, 0.1) is 0 Å². The Bertz CT molecular complexity index is 1060. The van der Waals surface area contributed by atoms with Crippen molar-refractivity contribution in [1.82, 2.24) is 4.57 Å². The summed E-state index contributed by atoms with van der Waals surface area (Å²) in [4.78, 5) is 5.87. The highest BCUT2D eigenvalue weighted by atomic mass is 35.5. The second kappa shape index (κ2) is 8.38. The average Bonchev–Trinajstić information content (AvgIpc) is 3.11. The standard InChI is InChI=1S/C23H19ClN2S/c24-20-13-11-19(12-14-20)22-17-27-23(25-21-9-5-2-6-10-21)26(22)16-15-18-7-3-1-4-8-18/h1-14,17H,15-16H2. The zero-order chi connectivity index (χ0) is 18.5. The summed E-state index contributed by atoms with van der Waals surface area (Å²) in [7, 11) is 0. The molecule has 4 aromatic rings. The molecule has 4 rings (SSSR count). The number of nitrogens with zero attached hydrogens (tertiary/aromatic N) is 2. The second-order valence-electron chi connectivity index (χ2n) is 6.24. The van der Waals surface area contributed by atoms with Crippen LogP contribution in [0.25, 0.3) is 11.3 Å². The van der Waals surface area contributed by atoms with Gasteiger partial charge >= 0.3 is 0 Å². The van der Waals surface area contributed by atoms with Gasteiger partial charge in [0.25, 0.3) is 0 Å². The van der Waals surface area contributed by atoms with E-state index in [2.05, 4.69) is 52.4 Å². The molecule has 0 aliphatic heterocycles. The third-order valence-corrected chi connectivity index (χ3v) is 5.50. The Morgan fingerprint density at radius 1 is 0.815 bits per heavy atom. The van der Waals surface area contributed by atoms with E-state index in [1.54, 1.807) is 11.3 Å². The normalized spacial score (nSPS) is 11.7. The summed E-state index contributed by atoms with van der Waals surface area (Å²) in [6, 6.07) is 28.7. The minimum atomic E-state index is 0.749. The molecule has 0 aliphatic rings. The highest BCUT2D eigenvalue weighted by Crippen LogP contribution is 2.23. The molecule has 1 aromatic heterocycles. The minimum absolute atomic E-state index is 0.749. The first kappa shape index (κ1) is 17.8. The van der Waals surface area contributed by atoms with Gasteiger partial charge in [0.15, 0.2) is 4.80 Å². The largest absolute Gasteiger partial charge is 0.316 e. The Morgan fingerprint density at radius 2 is 1.48 bits per heavy atom. The average molecular weight is 391 g/mol. The number of hydrogen-bond acceptors (Lipinski definition) is 2. The fourth-order valence-corrected chi connectivity index (χ4v) is 4.07. The van der Waals surface area contributed by atoms with Crippen LogP contribution in [0.2, 0.25) is 5.02 Å². The van der Waals surface area contributed by atoms with E-state index in [9.17, 15) is 0 Å². The van der Waals surface area contributed by atoms with Crippen LogP contribution < -0.4 is 4.80 Å². The van der Waals surface area contributed by atoms with E-state index in [0.29, 0.717) is 0 Å². The van der Waals surface area contributed by atoms with Crippen LogP contribution in [0.5, 0.6) is 0 Å². The van der Waals surface area contributed by atoms with Gasteiger partial charge in [0, 0.05) is 16.9 Å². The van der Waals surface area contributed by atoms with Crippen molar-refractivity contribution >= 4 is 28.6 Å². The molecular formula is C23H19ClN2S. The molecule has 3 aromatic carbocycles. The zero-order valence-corrected chi connectivity index (χ0v) is 16.3. The summed E-state index contributed by atoms with van der Waals surface area (Å²) in [5, 5.41) is 2.93. The van der Waals surface area contributed by atoms with Gasteiger partial charge in [-0.1, -0.05) is 72.3 Å². The van der Waals surface area contributed by atoms with Crippen LogP contribution in [0.1, 0.15) is 5.56 Å². The number of hydrogen-bond donors (Lipinski definition) is 0. The molecule has 0 radical (unpaired) electrons. The van der Waals surface area contributed by atoms with Crippen molar-refractivity contribution < 1.29 is 0 Å². The summed E-state index contributed by atoms with van der Waals surface area (Å²) in [5.41, 5.74) is 4.61. The predicted octanol–water partition coefficient (Wildman–Crippen LogP) is 6.35. The molecule has 0 unspecified atom stereocenters. The number of aryl methyl sites for hydroxylation is 1. The first-order valence-electron chi connectivity index (χ1n) is 8.87. The van der Waals surface area contributed by atoms with E-state index >= 15 is 0 Å². The van der Waals surface area contributed by atoms with Crippen molar-refractivity contribution in [3.05, 3.63) is 106 Å². The maximum atomic E-state index is 6.07. The van der Waals surface area contributed by atoms with Crippen molar-refractivity contribution in [3.8, 4) is 11.3 Å². The lowest BCUT2D eigenvalue weighted by Crippen LogP contribution is -2.17. The van der Waals surface area contributed by atoms with Gasteiger partial charge in [-0.25, -0.2) is 4.99 Å². The molecule has 0 atom stereocenters. The number of thiazole rings is 1. The van der Waals surface area contributed by atoms with Crippen molar-refractivity contribution in [2.24, 2.45) is 4.99 Å². The molecule has 0 spiro atoms. The van der Waals surface area contributed by atoms with Gasteiger partial charge in [-0.3, -0.25) is 0 Å². The topological polar surface area (TPSA) is 17.3 Å². The van der Waals surface area contributed by atoms with Crippen molar-refractivity contribution in [1.29, 1.82) is 0 Å². The van der Waals surface area contributed by atoms with Crippen LogP contribution in [-0.4, -0.2) is 4.57 Å². The monoisotopic (exact) mass is 390 g/mol. The van der Waals surface area contributed by atoms with E-state index in [1.165, 1.54) is 11.3 Å². The minimum Gasteiger partial charge on any atom is -0.316 e. The van der Waals surface area contributed by atoms with Crippen LogP contribution in [-0.2, 0) is 13.0 Å². The van der Waals surface area contributed by atoms with E-state index in [1.807, 2.05) is 42.5 Å². The summed E-state index contributed by atoms with van der Waals surface area (Å²) in [6.07, 6.45) is 0.958. The molecule has 0 amide bonds. The lowest BCUT2D eigenvalue weighted by atomic mass is 10.1. The number of para-hydroxylation sites is 1. The van der Waals surface area contributed by atoms with Crippen LogP contribution >= 0.6 is 22.9 Å². The molecule has 2 nitrogen and oxygen atoms in total. The zero-order valence-electron chi connectivity index (χ0n) is 14.8. The Balaban J connectivity index is 1.75. The summed E-state index contributed by atoms with van der Waals surface area (Å²) >= 11 is 7.74. The smallest absolute Gasteiger partial charge is 0.190 e. The lowest BCUT2D eigenvalue weighted by Gasteiger charge is -2.10. The van der Waals surface area contributed by atoms with Crippen LogP contribution in [0.4, 0.5) is 5.69 Å². The van der Waals surface area contributed by atoms with Crippen molar-refractivity contribution in [3.63, 3.8) is 0 Å². The number of benzene rings is 3. The fourth-order valence-electron chi connectivity index (χ4n) is 2.98. The van der Waals surface area contributed by atoms with Gasteiger partial charge in [-0.05, 0) is 41.8 Å². The van der Waals surface area contributed by atoms with Gasteiger partial charge in [-0.15, -0.1) is 11.3 Å². The predicted molar refractivity (Wildman–Crippen MR) is 115 cm³/mol. The molecule has 0 bridgehead atoms. The second-order valence-corrected chi connectivity index (χ2v) is 7.52. The van der Waals surface area contributed by atoms with E-state index in [4.69, 9.17) is 16.6 Å². The summed E-state index contributed by atoms with van der Waals surface area (Å²) in [6.45, 7) is 0.872. The number of rotatable bonds is 5. The van der Waals surface area contributed by atoms with Crippen LogP contribution in [0.3, 0.4) is 0 Å². The third kappa shape index (κ3) is 4.38. The molecule has 4 heteroatoms. The summed E-state index contributed by atoms with van der Waals surface area (Å²) in [5.74, 6) is 0. The van der Waals surface area contributed by atoms with Gasteiger partial charge in [0.05, 0.1) is 11.4 Å². The Labute approximate surface area is 168 Å². The molecular weight excluding hydrogens is 372 g/mol. The number of halogens is 1. The SMILES string of the molecule is Clc1ccc(-c2csc(=Nc3ccccc3)n2CCc2ccccc2)cc1. The molecule has 0 fully saturated rings. The summed E-state index contributed by atoms with van der Waals surface area (Å²) < 4.78 is 2.30. The van der Waals surface area contributed by atoms with E-state index in [-0.39, 0.29) is 0 Å².